The normalized spacial score (nSPS) is 18.3. The molecule has 142 valence electrons. The minimum absolute atomic E-state index is 0.175. The van der Waals surface area contributed by atoms with Gasteiger partial charge >= 0.3 is 0 Å². The van der Waals surface area contributed by atoms with Gasteiger partial charge in [0.15, 0.2) is 0 Å². The van der Waals surface area contributed by atoms with Crippen molar-refractivity contribution >= 4 is 16.9 Å². The SMILES string of the molecule is Cc1ccc(CN2CCN(c3ncnc4onc(C)c34)CC2CCO)cc1. The standard InChI is InChI=1S/C20H25N5O2/c1-14-3-5-16(6-4-14)11-24-8-9-25(12-17(24)7-10-26)19-18-15(2)23-27-20(18)22-13-21-19/h3-6,13,17,26H,7-12H2,1-2H3. The molecular weight excluding hydrogens is 342 g/mol. The number of aliphatic hydroxyl groups excluding tert-OH is 1. The summed E-state index contributed by atoms with van der Waals surface area (Å²) in [5.41, 5.74) is 3.91. The summed E-state index contributed by atoms with van der Waals surface area (Å²) in [6.07, 6.45) is 2.27. The first-order valence-electron chi connectivity index (χ1n) is 9.38. The third-order valence-electron chi connectivity index (χ3n) is 5.30. The zero-order chi connectivity index (χ0) is 18.8. The molecule has 0 saturated carbocycles. The van der Waals surface area contributed by atoms with Crippen LogP contribution in [0, 0.1) is 13.8 Å². The van der Waals surface area contributed by atoms with Gasteiger partial charge in [-0.15, -0.1) is 0 Å². The molecule has 1 aliphatic heterocycles. The van der Waals surface area contributed by atoms with Crippen molar-refractivity contribution in [2.24, 2.45) is 0 Å². The quantitative estimate of drug-likeness (QED) is 0.741. The number of aliphatic hydroxyl groups is 1. The number of aryl methyl sites for hydroxylation is 2. The van der Waals surface area contributed by atoms with Crippen LogP contribution in [0.2, 0.25) is 0 Å². The number of aromatic nitrogens is 3. The summed E-state index contributed by atoms with van der Waals surface area (Å²) < 4.78 is 5.29. The largest absolute Gasteiger partial charge is 0.396 e. The molecule has 1 fully saturated rings. The van der Waals surface area contributed by atoms with E-state index in [1.807, 2.05) is 6.92 Å². The summed E-state index contributed by atoms with van der Waals surface area (Å²) in [5, 5.41) is 14.5. The molecule has 0 radical (unpaired) electrons. The van der Waals surface area contributed by atoms with Gasteiger partial charge < -0.3 is 14.5 Å². The van der Waals surface area contributed by atoms with E-state index in [-0.39, 0.29) is 12.6 Å². The molecule has 3 heterocycles. The Bertz CT molecular complexity index is 908. The van der Waals surface area contributed by atoms with Gasteiger partial charge in [-0.25, -0.2) is 4.98 Å². The molecule has 0 aliphatic carbocycles. The van der Waals surface area contributed by atoms with Crippen LogP contribution in [0.25, 0.3) is 11.1 Å². The molecule has 0 spiro atoms. The van der Waals surface area contributed by atoms with E-state index < -0.39 is 0 Å². The van der Waals surface area contributed by atoms with Crippen LogP contribution in [-0.4, -0.2) is 57.4 Å². The van der Waals surface area contributed by atoms with Gasteiger partial charge in [0.2, 0.25) is 0 Å². The third-order valence-corrected chi connectivity index (χ3v) is 5.30. The molecule has 0 amide bonds. The van der Waals surface area contributed by atoms with E-state index in [0.717, 1.165) is 49.5 Å². The van der Waals surface area contributed by atoms with Gasteiger partial charge in [0.05, 0.1) is 5.69 Å². The van der Waals surface area contributed by atoms with Crippen LogP contribution in [0.1, 0.15) is 23.2 Å². The first-order valence-corrected chi connectivity index (χ1v) is 9.38. The number of piperazine rings is 1. The number of hydrogen-bond donors (Lipinski definition) is 1. The summed E-state index contributed by atoms with van der Waals surface area (Å²) in [4.78, 5) is 13.4. The maximum Gasteiger partial charge on any atom is 0.263 e. The van der Waals surface area contributed by atoms with Crippen LogP contribution in [-0.2, 0) is 6.54 Å². The average molecular weight is 367 g/mol. The van der Waals surface area contributed by atoms with Crippen molar-refractivity contribution in [2.45, 2.75) is 32.9 Å². The lowest BCUT2D eigenvalue weighted by molar-refractivity contribution is 0.135. The number of benzene rings is 1. The second-order valence-electron chi connectivity index (χ2n) is 7.21. The fourth-order valence-corrected chi connectivity index (χ4v) is 3.79. The highest BCUT2D eigenvalue weighted by Gasteiger charge is 2.29. The zero-order valence-electron chi connectivity index (χ0n) is 15.8. The van der Waals surface area contributed by atoms with Crippen LogP contribution in [0.15, 0.2) is 35.1 Å². The third kappa shape index (κ3) is 3.65. The molecule has 1 atom stereocenters. The Labute approximate surface area is 158 Å². The van der Waals surface area contributed by atoms with Gasteiger partial charge in [-0.05, 0) is 25.8 Å². The second-order valence-corrected chi connectivity index (χ2v) is 7.21. The maximum absolute atomic E-state index is 9.58. The number of anilines is 1. The van der Waals surface area contributed by atoms with Crippen molar-refractivity contribution in [2.75, 3.05) is 31.1 Å². The van der Waals surface area contributed by atoms with E-state index in [0.29, 0.717) is 5.71 Å². The molecular formula is C20H25N5O2. The molecule has 27 heavy (non-hydrogen) atoms. The molecule has 1 aliphatic rings. The van der Waals surface area contributed by atoms with Crippen LogP contribution in [0.5, 0.6) is 0 Å². The first kappa shape index (κ1) is 17.9. The highest BCUT2D eigenvalue weighted by Crippen LogP contribution is 2.28. The minimum Gasteiger partial charge on any atom is -0.396 e. The molecule has 1 unspecified atom stereocenters. The summed E-state index contributed by atoms with van der Waals surface area (Å²) in [6.45, 7) is 7.67. The molecule has 7 nitrogen and oxygen atoms in total. The number of rotatable bonds is 5. The topological polar surface area (TPSA) is 78.5 Å². The fourth-order valence-electron chi connectivity index (χ4n) is 3.79. The van der Waals surface area contributed by atoms with Crippen LogP contribution in [0.4, 0.5) is 5.82 Å². The second kappa shape index (κ2) is 7.62. The van der Waals surface area contributed by atoms with Crippen LogP contribution in [0.3, 0.4) is 0 Å². The highest BCUT2D eigenvalue weighted by atomic mass is 16.5. The van der Waals surface area contributed by atoms with Crippen molar-refractivity contribution in [1.29, 1.82) is 0 Å². The van der Waals surface area contributed by atoms with E-state index in [2.05, 4.69) is 56.1 Å². The van der Waals surface area contributed by atoms with E-state index in [1.54, 1.807) is 0 Å². The average Bonchev–Trinajstić information content (AvgIpc) is 3.06. The Morgan fingerprint density at radius 2 is 1.96 bits per heavy atom. The predicted octanol–water partition coefficient (Wildman–Crippen LogP) is 2.31. The molecule has 2 aromatic heterocycles. The number of hydrogen-bond acceptors (Lipinski definition) is 7. The fraction of sp³-hybridized carbons (Fsp3) is 0.450. The Balaban J connectivity index is 1.55. The monoisotopic (exact) mass is 367 g/mol. The van der Waals surface area contributed by atoms with Gasteiger partial charge in [0.1, 0.15) is 17.5 Å². The van der Waals surface area contributed by atoms with Crippen molar-refractivity contribution in [3.63, 3.8) is 0 Å². The van der Waals surface area contributed by atoms with Gasteiger partial charge in [0.25, 0.3) is 5.71 Å². The minimum atomic E-state index is 0.175. The van der Waals surface area contributed by atoms with E-state index in [4.69, 9.17) is 4.52 Å². The molecule has 3 aromatic rings. The van der Waals surface area contributed by atoms with Crippen molar-refractivity contribution in [3.8, 4) is 0 Å². The van der Waals surface area contributed by atoms with Crippen molar-refractivity contribution in [3.05, 3.63) is 47.4 Å². The van der Waals surface area contributed by atoms with Crippen molar-refractivity contribution < 1.29 is 9.63 Å². The lowest BCUT2D eigenvalue weighted by Crippen LogP contribution is -2.53. The van der Waals surface area contributed by atoms with Gasteiger partial charge in [-0.3, -0.25) is 4.90 Å². The summed E-state index contributed by atoms with van der Waals surface area (Å²) in [5.74, 6) is 0.872. The predicted molar refractivity (Wildman–Crippen MR) is 104 cm³/mol. The highest BCUT2D eigenvalue weighted by molar-refractivity contribution is 5.87. The van der Waals surface area contributed by atoms with Gasteiger partial charge in [-0.1, -0.05) is 35.0 Å². The van der Waals surface area contributed by atoms with Gasteiger partial charge in [-0.2, -0.15) is 4.98 Å². The smallest absolute Gasteiger partial charge is 0.263 e. The molecule has 1 saturated heterocycles. The Morgan fingerprint density at radius 3 is 2.74 bits per heavy atom. The maximum atomic E-state index is 9.58. The summed E-state index contributed by atoms with van der Waals surface area (Å²) >= 11 is 0. The molecule has 7 heteroatoms. The number of fused-ring (bicyclic) bond motifs is 1. The van der Waals surface area contributed by atoms with E-state index >= 15 is 0 Å². The van der Waals surface area contributed by atoms with E-state index in [1.165, 1.54) is 17.5 Å². The Hall–Kier alpha value is -2.51. The summed E-state index contributed by atoms with van der Waals surface area (Å²) in [7, 11) is 0. The lowest BCUT2D eigenvalue weighted by Gasteiger charge is -2.42. The van der Waals surface area contributed by atoms with Crippen LogP contribution < -0.4 is 4.90 Å². The Kier molecular flexibility index (Phi) is 5.05. The van der Waals surface area contributed by atoms with E-state index in [9.17, 15) is 5.11 Å². The zero-order valence-corrected chi connectivity index (χ0v) is 15.8. The molecule has 0 bridgehead atoms. The molecule has 1 aromatic carbocycles. The number of nitrogens with zero attached hydrogens (tertiary/aromatic N) is 5. The lowest BCUT2D eigenvalue weighted by atomic mass is 10.1. The van der Waals surface area contributed by atoms with Crippen LogP contribution >= 0.6 is 0 Å². The molecule has 4 rings (SSSR count). The summed E-state index contributed by atoms with van der Waals surface area (Å²) in [6, 6.07) is 8.94. The molecule has 1 N–H and O–H groups in total. The Morgan fingerprint density at radius 1 is 1.15 bits per heavy atom. The van der Waals surface area contributed by atoms with Gasteiger partial charge in [0, 0.05) is 38.8 Å². The van der Waals surface area contributed by atoms with Crippen molar-refractivity contribution in [1.82, 2.24) is 20.0 Å². The first-order chi connectivity index (χ1) is 13.2.